The zero-order chi connectivity index (χ0) is 59.9. The summed E-state index contributed by atoms with van der Waals surface area (Å²) < 4.78 is 0. The Labute approximate surface area is 560 Å². The number of carboxylic acids is 1. The Morgan fingerprint density at radius 1 is 0.465 bits per heavy atom. The van der Waals surface area contributed by atoms with Crippen molar-refractivity contribution in [2.75, 3.05) is 5.32 Å². The van der Waals surface area contributed by atoms with Gasteiger partial charge >= 0.3 is 35.5 Å². The molecule has 12 aliphatic rings. The van der Waals surface area contributed by atoms with Crippen molar-refractivity contribution in [1.29, 1.82) is 0 Å². The summed E-state index contributed by atoms with van der Waals surface area (Å²) in [5.41, 5.74) is 1.30. The Balaban J connectivity index is 0.000000180. The van der Waals surface area contributed by atoms with Gasteiger partial charge in [0.1, 0.15) is 5.78 Å². The molecule has 12 saturated carbocycles. The third-order valence-electron chi connectivity index (χ3n) is 30.1. The van der Waals surface area contributed by atoms with Crippen LogP contribution in [0.15, 0.2) is 30.3 Å². The smallest absolute Gasteiger partial charge is 0.870 e. The minimum Gasteiger partial charge on any atom is -0.870 e. The predicted molar refractivity (Wildman–Crippen MR) is 351 cm³/mol. The van der Waals surface area contributed by atoms with Gasteiger partial charge in [-0.1, -0.05) is 67.2 Å². The number of Topliss-reactive ketones (excluding diaryl/α,β-unsaturated/α-hetero) is 1. The molecule has 1 aromatic rings. The number of benzene rings is 1. The third-order valence-corrected chi connectivity index (χ3v) is 30.1. The number of aliphatic hydroxyl groups is 3. The zero-order valence-electron chi connectivity index (χ0n) is 55.0. The molecule has 0 unspecified atom stereocenters. The minimum atomic E-state index is -0.559. The Morgan fingerprint density at radius 3 is 1.13 bits per heavy atom. The van der Waals surface area contributed by atoms with Crippen LogP contribution in [0.5, 0.6) is 0 Å². The number of hydrogen-bond donors (Lipinski definition) is 5. The summed E-state index contributed by atoms with van der Waals surface area (Å²) >= 11 is 5.50. The summed E-state index contributed by atoms with van der Waals surface area (Å²) in [6, 6.07) is 9.96. The van der Waals surface area contributed by atoms with Crippen molar-refractivity contribution in [1.82, 2.24) is 0 Å². The molecule has 86 heavy (non-hydrogen) atoms. The van der Waals surface area contributed by atoms with E-state index in [0.717, 1.165) is 124 Å². The number of carbonyl (C=O) groups is 3. The second kappa shape index (κ2) is 27.5. The molecule has 0 aliphatic heterocycles. The van der Waals surface area contributed by atoms with Gasteiger partial charge in [-0.05, 0) is 336 Å². The van der Waals surface area contributed by atoms with E-state index in [-0.39, 0.29) is 76.4 Å². The summed E-state index contributed by atoms with van der Waals surface area (Å²) in [7, 11) is 0. The quantitative estimate of drug-likeness (QED) is 0.168. The zero-order valence-corrected chi connectivity index (χ0v) is 60.1. The Hall–Kier alpha value is -0.370. The second-order valence-electron chi connectivity index (χ2n) is 33.1. The fourth-order valence-electron chi connectivity index (χ4n) is 26.1. The van der Waals surface area contributed by atoms with Crippen LogP contribution in [0, 0.1) is 121 Å². The van der Waals surface area contributed by atoms with Gasteiger partial charge in [0.15, 0.2) is 0 Å². The number of para-hydroxylation sites is 1. The molecule has 0 heterocycles. The van der Waals surface area contributed by atoms with Crippen molar-refractivity contribution >= 4 is 51.6 Å². The summed E-state index contributed by atoms with van der Waals surface area (Å²) in [5, 5.41) is 45.0. The second-order valence-corrected chi connectivity index (χ2v) is 33.1. The van der Waals surface area contributed by atoms with Gasteiger partial charge in [-0.15, -0.1) is 0 Å². The fraction of sp³-hybridized carbons (Fsp3) is 0.878. The van der Waals surface area contributed by atoms with Gasteiger partial charge in [0.05, 0.1) is 22.7 Å². The summed E-state index contributed by atoms with van der Waals surface area (Å²) in [6.07, 6.45) is 35.1. The van der Waals surface area contributed by atoms with Gasteiger partial charge in [-0.2, -0.15) is 0 Å². The molecule has 12 heteroatoms. The number of rotatable bonds is 7. The molecule has 24 atom stereocenters. The molecule has 0 saturated heterocycles. The molecule has 1 aromatic carbocycles. The molecule has 484 valence electrons. The minimum absolute atomic E-state index is 0. The van der Waals surface area contributed by atoms with E-state index in [0.29, 0.717) is 51.6 Å². The van der Waals surface area contributed by atoms with E-state index in [1.807, 2.05) is 44.2 Å². The summed E-state index contributed by atoms with van der Waals surface area (Å²) in [5.74, 6) is 9.33. The van der Waals surface area contributed by atoms with E-state index in [1.54, 1.807) is 0 Å². The van der Waals surface area contributed by atoms with E-state index in [1.165, 1.54) is 122 Å². The van der Waals surface area contributed by atoms with Crippen molar-refractivity contribution in [2.45, 2.75) is 286 Å². The molecule has 13 rings (SSSR count). The fourth-order valence-corrected chi connectivity index (χ4v) is 26.1. The van der Waals surface area contributed by atoms with Gasteiger partial charge in [0, 0.05) is 45.8 Å². The number of hydrogen-bond acceptors (Lipinski definition) is 7. The molecule has 1 amide bonds. The number of carbonyl (C=O) groups excluding carboxylic acids is 2. The van der Waals surface area contributed by atoms with Crippen molar-refractivity contribution in [3.05, 3.63) is 30.3 Å². The molecule has 0 spiro atoms. The molecule has 9 nitrogen and oxygen atoms in total. The van der Waals surface area contributed by atoms with Crippen LogP contribution in [0.25, 0.3) is 0 Å². The van der Waals surface area contributed by atoms with E-state index < -0.39 is 22.8 Å². The first kappa shape index (κ1) is 73.0. The molecule has 12 aliphatic carbocycles. The number of amides is 1. The SMILES string of the molecule is BrBr.C.CC[C@]12CC[C@@](C)(O)C[C@H]1CC[C@H]1[C@@H]3CC[C@H](C(=O)Nc4ccccc4)[C@@]3(C)CC[C@@H]12.CC[C@]12CC[C@@](C)(O)C[C@H]1CC[C@H]1[C@@H]3CC[C@H](C(=O)O)[C@@]3(C)CC[C@@H]12.CC[C@]12CC[C@@](C)(O)C[C@H]1CC[C@H]1[C@@H]3CC[C@H](C(C)=O)[C@@]3(C)CC[C@@H]12.[Na+].[OH-]. The number of nitrogens with one attached hydrogen (secondary N) is 1. The van der Waals surface area contributed by atoms with E-state index >= 15 is 0 Å². The maximum absolute atomic E-state index is 13.3. The summed E-state index contributed by atoms with van der Waals surface area (Å²) in [4.78, 5) is 37.4. The van der Waals surface area contributed by atoms with Crippen LogP contribution < -0.4 is 34.9 Å². The van der Waals surface area contributed by atoms with E-state index in [9.17, 15) is 34.8 Å². The first-order valence-corrected chi connectivity index (χ1v) is 38.4. The molecule has 0 bridgehead atoms. The Bertz CT molecular complexity index is 2380. The van der Waals surface area contributed by atoms with Crippen molar-refractivity contribution in [3.8, 4) is 0 Å². The number of aliphatic carboxylic acids is 1. The maximum atomic E-state index is 13.3. The van der Waals surface area contributed by atoms with Gasteiger partial charge < -0.3 is 31.2 Å². The van der Waals surface area contributed by atoms with Crippen LogP contribution in [-0.4, -0.2) is 60.4 Å². The first-order chi connectivity index (χ1) is 39.3. The van der Waals surface area contributed by atoms with Gasteiger partial charge in [-0.3, -0.25) is 14.4 Å². The van der Waals surface area contributed by atoms with Gasteiger partial charge in [-0.25, -0.2) is 0 Å². The number of anilines is 1. The number of ketones is 1. The third kappa shape index (κ3) is 12.6. The molecule has 6 N–H and O–H groups in total. The van der Waals surface area contributed by atoms with Crippen LogP contribution in [0.1, 0.15) is 269 Å². The monoisotopic (exact) mass is 1330 g/mol. The van der Waals surface area contributed by atoms with Crippen LogP contribution in [0.4, 0.5) is 5.69 Å². The Morgan fingerprint density at radius 2 is 0.791 bits per heavy atom. The van der Waals surface area contributed by atoms with Crippen LogP contribution in [0.3, 0.4) is 0 Å². The molecule has 0 aromatic heterocycles. The van der Waals surface area contributed by atoms with Gasteiger partial charge in [0.25, 0.3) is 0 Å². The molecular formula is C74H120Br2NNaO8. The Kier molecular flexibility index (Phi) is 23.4. The van der Waals surface area contributed by atoms with Crippen LogP contribution >= 0.6 is 28.3 Å². The number of carboxylic acid groups (broad SMARTS) is 1. The average Bonchev–Trinajstić information content (AvgIpc) is 1.29. The van der Waals surface area contributed by atoms with Gasteiger partial charge in [0.2, 0.25) is 5.91 Å². The topological polar surface area (TPSA) is 174 Å². The molecular weight excluding hydrogens is 1210 g/mol. The maximum Gasteiger partial charge on any atom is 1.00 e. The average molecular weight is 1330 g/mol. The van der Waals surface area contributed by atoms with Crippen LogP contribution in [-0.2, 0) is 14.4 Å². The predicted octanol–water partition coefficient (Wildman–Crippen LogP) is 15.8. The largest absolute Gasteiger partial charge is 1.00 e. The van der Waals surface area contributed by atoms with Crippen molar-refractivity contribution in [3.63, 3.8) is 0 Å². The van der Waals surface area contributed by atoms with Crippen LogP contribution in [0.2, 0.25) is 0 Å². The van der Waals surface area contributed by atoms with Crippen molar-refractivity contribution < 1.29 is 69.8 Å². The van der Waals surface area contributed by atoms with Crippen molar-refractivity contribution in [2.24, 2.45) is 121 Å². The summed E-state index contributed by atoms with van der Waals surface area (Å²) in [6.45, 7) is 22.4. The normalized spacial score (nSPS) is 48.9. The number of halogens is 2. The molecule has 0 radical (unpaired) electrons. The van der Waals surface area contributed by atoms with E-state index in [2.05, 4.69) is 89.0 Å². The van der Waals surface area contributed by atoms with E-state index in [4.69, 9.17) is 0 Å². The number of fused-ring (bicyclic) bond motifs is 15. The standard InChI is InChI=1S/C28H41NO2.C23H38O2.C22H36O3.CH4.Br2.Na.H2O/c1-4-28-17-16-26(2,31)18-19(28)10-11-21-22-12-13-24(27(22,3)15-14-23(21)28)25(30)29-20-8-6-5-7-9-20;1-5-23-13-12-21(3,25)14-16(23)6-7-17-19-9-8-18(15(2)24)22(19,4)11-10-20(17)23;1-4-22-12-11-20(2,25)13-14(22)5-6-15-16-7-8-18(19(23)24)21(16,3)10-9-17(15)22;;1-2;;/h5-9,19,21-24,31H,4,10-18H2,1-3H3,(H,29,30);16-20,25H,5-14H2,1-4H3;14-18,25H,4-13H2,1-3H3,(H,23,24);1H4;;;1H2/q;;;;;+1;/p-1/t19-,21+,22+,23+,24-,26-,27+,28+;16-,17+,18-,19+,20+,21-,22-,23+;14-,15+,16+,17+,18-,20-,21+,22+;;;;/m111..../s1. The first-order valence-electron chi connectivity index (χ1n) is 34.7. The molecule has 12 fully saturated rings.